The molecule has 0 aliphatic rings. The number of hydrogen-bond donors (Lipinski definition) is 0. The summed E-state index contributed by atoms with van der Waals surface area (Å²) in [5.74, 6) is 0. The van der Waals surface area contributed by atoms with E-state index in [4.69, 9.17) is 0 Å². The first-order chi connectivity index (χ1) is 17.2. The molecular formula is C32H31NOSe. The predicted molar refractivity (Wildman–Crippen MR) is 149 cm³/mol. The van der Waals surface area contributed by atoms with Crippen LogP contribution in [0.2, 0.25) is 4.82 Å². The number of benzene rings is 4. The molecule has 0 bridgehead atoms. The van der Waals surface area contributed by atoms with Crippen molar-refractivity contribution in [2.45, 2.75) is 30.6 Å². The maximum absolute atomic E-state index is 13.7. The third-order valence-electron chi connectivity index (χ3n) is 5.99. The summed E-state index contributed by atoms with van der Waals surface area (Å²) in [5.41, 5.74) is 4.67. The molecule has 0 aliphatic heterocycles. The molecule has 0 amide bonds. The van der Waals surface area contributed by atoms with Crippen molar-refractivity contribution in [3.63, 3.8) is 0 Å². The van der Waals surface area contributed by atoms with E-state index < -0.39 is 0 Å². The topological polar surface area (TPSA) is 26.1 Å². The Labute approximate surface area is 215 Å². The Morgan fingerprint density at radius 3 is 2.06 bits per heavy atom. The standard InChI is InChI=1S/C32H31NOSe/c1-26-15-11-12-18-28(26)19-13-14-24-31(35-30-22-9-4-10-23-30)32(29-20-7-3-8-21-29)33(34)25-27-16-5-2-6-17-27/h2-12,14-18,20-25,31-32H,13,19H2,1H3/b24-14+,33-25-. The molecule has 0 fully saturated rings. The molecule has 35 heavy (non-hydrogen) atoms. The second-order valence-corrected chi connectivity index (χ2v) is 11.2. The summed E-state index contributed by atoms with van der Waals surface area (Å²) >= 11 is 0.0914. The molecule has 3 heteroatoms. The van der Waals surface area contributed by atoms with Crippen LogP contribution < -0.4 is 4.46 Å². The van der Waals surface area contributed by atoms with Gasteiger partial charge in [0.2, 0.25) is 0 Å². The molecule has 176 valence electrons. The molecule has 2 unspecified atom stereocenters. The minimum absolute atomic E-state index is 0.0848. The Kier molecular flexibility index (Phi) is 9.11. The monoisotopic (exact) mass is 525 g/mol. The van der Waals surface area contributed by atoms with Crippen LogP contribution >= 0.6 is 0 Å². The Morgan fingerprint density at radius 1 is 0.771 bits per heavy atom. The van der Waals surface area contributed by atoms with Gasteiger partial charge in [0.1, 0.15) is 0 Å². The first-order valence-corrected chi connectivity index (χ1v) is 13.9. The van der Waals surface area contributed by atoms with Gasteiger partial charge in [-0.05, 0) is 0 Å². The number of allylic oxidation sites excluding steroid dienone is 1. The van der Waals surface area contributed by atoms with Crippen molar-refractivity contribution < 1.29 is 4.74 Å². The van der Waals surface area contributed by atoms with Gasteiger partial charge in [-0.1, -0.05) is 0 Å². The average Bonchev–Trinajstić information content (AvgIpc) is 2.89. The van der Waals surface area contributed by atoms with Crippen LogP contribution in [0, 0.1) is 12.1 Å². The fraction of sp³-hybridized carbons (Fsp3) is 0.156. The molecule has 0 N–H and O–H groups in total. The molecule has 0 aliphatic carbocycles. The van der Waals surface area contributed by atoms with Crippen LogP contribution in [0.3, 0.4) is 0 Å². The Balaban J connectivity index is 1.65. The SMILES string of the molecule is Cc1ccccc1CC/C=C/C([Se]c1ccccc1)C(c1ccccc1)/[N+]([O-])=C/c1ccccc1. The summed E-state index contributed by atoms with van der Waals surface area (Å²) in [6.45, 7) is 2.17. The normalized spacial score (nSPS) is 13.6. The van der Waals surface area contributed by atoms with Crippen LogP contribution in [0.15, 0.2) is 127 Å². The first kappa shape index (κ1) is 24.7. The molecule has 0 aromatic heterocycles. The van der Waals surface area contributed by atoms with Crippen LogP contribution in [0.25, 0.3) is 0 Å². The number of hydroxylamine groups is 1. The minimum atomic E-state index is -0.300. The molecule has 4 aromatic carbocycles. The van der Waals surface area contributed by atoms with E-state index in [-0.39, 0.29) is 25.8 Å². The van der Waals surface area contributed by atoms with Gasteiger partial charge in [0.15, 0.2) is 0 Å². The summed E-state index contributed by atoms with van der Waals surface area (Å²) in [4.78, 5) is 0.0848. The van der Waals surface area contributed by atoms with Gasteiger partial charge in [-0.2, -0.15) is 0 Å². The van der Waals surface area contributed by atoms with E-state index in [1.807, 2.05) is 54.6 Å². The molecule has 0 saturated carbocycles. The van der Waals surface area contributed by atoms with E-state index in [9.17, 15) is 5.21 Å². The second-order valence-electron chi connectivity index (χ2n) is 8.54. The third-order valence-corrected chi connectivity index (χ3v) is 8.57. The van der Waals surface area contributed by atoms with Gasteiger partial charge in [0.05, 0.1) is 0 Å². The molecule has 2 atom stereocenters. The fourth-order valence-electron chi connectivity index (χ4n) is 4.12. The zero-order valence-corrected chi connectivity index (χ0v) is 21.7. The third kappa shape index (κ3) is 7.29. The summed E-state index contributed by atoms with van der Waals surface area (Å²) in [5, 5.41) is 13.7. The van der Waals surface area contributed by atoms with Crippen LogP contribution in [-0.4, -0.2) is 25.9 Å². The van der Waals surface area contributed by atoms with E-state index in [2.05, 4.69) is 79.7 Å². The summed E-state index contributed by atoms with van der Waals surface area (Å²) in [6.07, 6.45) is 8.24. The summed E-state index contributed by atoms with van der Waals surface area (Å²) < 4.78 is 2.45. The van der Waals surface area contributed by atoms with Crippen molar-refractivity contribution in [3.8, 4) is 0 Å². The number of nitrogens with zero attached hydrogens (tertiary/aromatic N) is 1. The van der Waals surface area contributed by atoms with Gasteiger partial charge in [-0.3, -0.25) is 0 Å². The Morgan fingerprint density at radius 2 is 1.37 bits per heavy atom. The molecule has 0 radical (unpaired) electrons. The predicted octanol–water partition coefficient (Wildman–Crippen LogP) is 6.67. The second kappa shape index (κ2) is 12.9. The van der Waals surface area contributed by atoms with Gasteiger partial charge in [0.25, 0.3) is 0 Å². The zero-order valence-electron chi connectivity index (χ0n) is 20.0. The first-order valence-electron chi connectivity index (χ1n) is 12.0. The van der Waals surface area contributed by atoms with Crippen molar-refractivity contribution in [2.24, 2.45) is 0 Å². The van der Waals surface area contributed by atoms with Crippen molar-refractivity contribution in [2.75, 3.05) is 0 Å². The van der Waals surface area contributed by atoms with Gasteiger partial charge in [-0.25, -0.2) is 0 Å². The van der Waals surface area contributed by atoms with Gasteiger partial charge in [-0.15, -0.1) is 0 Å². The van der Waals surface area contributed by atoms with Crippen LogP contribution in [0.4, 0.5) is 0 Å². The van der Waals surface area contributed by atoms with Crippen molar-refractivity contribution in [3.05, 3.63) is 155 Å². The van der Waals surface area contributed by atoms with E-state index in [1.54, 1.807) is 6.21 Å². The molecule has 0 saturated heterocycles. The van der Waals surface area contributed by atoms with Crippen LogP contribution in [0.5, 0.6) is 0 Å². The molecule has 2 nitrogen and oxygen atoms in total. The van der Waals surface area contributed by atoms with Gasteiger partial charge < -0.3 is 0 Å². The molecule has 4 aromatic rings. The Bertz CT molecular complexity index is 1240. The molecule has 4 rings (SSSR count). The number of hydrogen-bond acceptors (Lipinski definition) is 1. The number of rotatable bonds is 10. The van der Waals surface area contributed by atoms with E-state index in [0.717, 1.165) is 28.7 Å². The van der Waals surface area contributed by atoms with Crippen LogP contribution in [-0.2, 0) is 6.42 Å². The summed E-state index contributed by atoms with van der Waals surface area (Å²) in [7, 11) is 0. The average molecular weight is 525 g/mol. The molecule has 0 heterocycles. The molecular weight excluding hydrogens is 493 g/mol. The number of aryl methyl sites for hydroxylation is 2. The quantitative estimate of drug-likeness (QED) is 0.0568. The van der Waals surface area contributed by atoms with Gasteiger partial charge >= 0.3 is 216 Å². The van der Waals surface area contributed by atoms with E-state index in [1.165, 1.54) is 15.6 Å². The maximum atomic E-state index is 13.7. The Hall–Kier alpha value is -3.39. The van der Waals surface area contributed by atoms with E-state index in [0.29, 0.717) is 0 Å². The zero-order chi connectivity index (χ0) is 24.3. The van der Waals surface area contributed by atoms with Crippen molar-refractivity contribution in [1.82, 2.24) is 0 Å². The van der Waals surface area contributed by atoms with Crippen molar-refractivity contribution in [1.29, 1.82) is 0 Å². The van der Waals surface area contributed by atoms with Crippen molar-refractivity contribution >= 4 is 25.6 Å². The fourth-order valence-corrected chi connectivity index (χ4v) is 6.69. The molecule has 0 spiro atoms. The van der Waals surface area contributed by atoms with Gasteiger partial charge in [0, 0.05) is 0 Å². The summed E-state index contributed by atoms with van der Waals surface area (Å²) in [6, 6.07) is 38.9. The van der Waals surface area contributed by atoms with E-state index >= 15 is 0 Å². The van der Waals surface area contributed by atoms with Crippen LogP contribution in [0.1, 0.15) is 34.7 Å².